The molecule has 112 valence electrons. The van der Waals surface area contributed by atoms with E-state index in [9.17, 15) is 5.11 Å². The van der Waals surface area contributed by atoms with Crippen molar-refractivity contribution >= 4 is 0 Å². The van der Waals surface area contributed by atoms with Crippen LogP contribution in [0.1, 0.15) is 45.6 Å². The van der Waals surface area contributed by atoms with Gasteiger partial charge >= 0.3 is 0 Å². The second kappa shape index (κ2) is 6.59. The van der Waals surface area contributed by atoms with Crippen LogP contribution in [0, 0.1) is 0 Å². The van der Waals surface area contributed by atoms with Gasteiger partial charge in [-0.1, -0.05) is 19.1 Å². The fourth-order valence-electron chi connectivity index (χ4n) is 2.78. The summed E-state index contributed by atoms with van der Waals surface area (Å²) in [6, 6.07) is 8.52. The molecular weight excluding hydrogens is 250 g/mol. The Balaban J connectivity index is 2.00. The summed E-state index contributed by atoms with van der Waals surface area (Å²) in [4.78, 5) is 2.42. The lowest BCUT2D eigenvalue weighted by Crippen LogP contribution is -2.45. The fourth-order valence-corrected chi connectivity index (χ4v) is 2.78. The van der Waals surface area contributed by atoms with Crippen molar-refractivity contribution in [3.8, 4) is 5.75 Å². The molecule has 0 unspecified atom stereocenters. The Morgan fingerprint density at radius 3 is 2.30 bits per heavy atom. The van der Waals surface area contributed by atoms with E-state index in [-0.39, 0.29) is 0 Å². The van der Waals surface area contributed by atoms with Crippen LogP contribution in [0.15, 0.2) is 24.3 Å². The van der Waals surface area contributed by atoms with Crippen molar-refractivity contribution < 1.29 is 9.84 Å². The molecule has 0 atom stereocenters. The Morgan fingerprint density at radius 1 is 1.20 bits per heavy atom. The molecule has 2 rings (SSSR count). The number of rotatable bonds is 5. The molecule has 1 fully saturated rings. The summed E-state index contributed by atoms with van der Waals surface area (Å²) in [5.41, 5.74) is 0.346. The number of ether oxygens (including phenoxy) is 1. The van der Waals surface area contributed by atoms with Gasteiger partial charge in [-0.25, -0.2) is 0 Å². The van der Waals surface area contributed by atoms with Crippen molar-refractivity contribution in [3.63, 3.8) is 0 Å². The Kier molecular flexibility index (Phi) is 5.06. The Bertz CT molecular complexity index is 406. The third-order valence-electron chi connectivity index (χ3n) is 4.22. The van der Waals surface area contributed by atoms with Crippen LogP contribution < -0.4 is 4.74 Å². The molecule has 0 radical (unpaired) electrons. The quantitative estimate of drug-likeness (QED) is 0.897. The van der Waals surface area contributed by atoms with Gasteiger partial charge in [0.25, 0.3) is 0 Å². The van der Waals surface area contributed by atoms with Crippen molar-refractivity contribution in [1.82, 2.24) is 4.90 Å². The molecule has 1 aromatic rings. The predicted octanol–water partition coefficient (Wildman–Crippen LogP) is 3.17. The van der Waals surface area contributed by atoms with E-state index in [1.807, 2.05) is 24.3 Å². The topological polar surface area (TPSA) is 32.7 Å². The molecule has 0 aromatic heterocycles. The van der Waals surface area contributed by atoms with Gasteiger partial charge in [-0.05, 0) is 50.8 Å². The molecule has 1 aliphatic rings. The van der Waals surface area contributed by atoms with E-state index in [2.05, 4.69) is 25.7 Å². The van der Waals surface area contributed by atoms with Gasteiger partial charge in [0.1, 0.15) is 5.75 Å². The van der Waals surface area contributed by atoms with Crippen LogP contribution in [0.5, 0.6) is 5.75 Å². The fraction of sp³-hybridized carbons (Fsp3) is 0.647. The van der Waals surface area contributed by atoms with Crippen molar-refractivity contribution in [2.24, 2.45) is 0 Å². The smallest absolute Gasteiger partial charge is 0.119 e. The monoisotopic (exact) mass is 277 g/mol. The van der Waals surface area contributed by atoms with E-state index in [0.717, 1.165) is 50.3 Å². The van der Waals surface area contributed by atoms with E-state index in [1.54, 1.807) is 0 Å². The second-order valence-corrected chi connectivity index (χ2v) is 6.03. The van der Waals surface area contributed by atoms with Crippen LogP contribution in [0.4, 0.5) is 0 Å². The summed E-state index contributed by atoms with van der Waals surface area (Å²) in [6.07, 6.45) is 2.62. The first-order valence-corrected chi connectivity index (χ1v) is 7.75. The van der Waals surface area contributed by atoms with Crippen molar-refractivity contribution in [2.75, 3.05) is 19.7 Å². The predicted molar refractivity (Wildman–Crippen MR) is 82.1 cm³/mol. The van der Waals surface area contributed by atoms with Gasteiger partial charge < -0.3 is 14.7 Å². The average Bonchev–Trinajstić information content (AvgIpc) is 2.46. The zero-order valence-corrected chi connectivity index (χ0v) is 12.9. The molecule has 1 aromatic carbocycles. The van der Waals surface area contributed by atoms with Gasteiger partial charge in [0.05, 0.1) is 12.2 Å². The van der Waals surface area contributed by atoms with Gasteiger partial charge in [0.2, 0.25) is 0 Å². The number of aliphatic hydroxyl groups is 1. The van der Waals surface area contributed by atoms with Crippen LogP contribution in [-0.2, 0) is 5.60 Å². The van der Waals surface area contributed by atoms with Crippen molar-refractivity contribution in [1.29, 1.82) is 0 Å². The molecule has 1 saturated heterocycles. The SMILES string of the molecule is CCCOc1ccc(C2(O)CCN(C(C)C)CC2)cc1. The molecule has 0 spiro atoms. The average molecular weight is 277 g/mol. The van der Waals surface area contributed by atoms with E-state index >= 15 is 0 Å². The van der Waals surface area contributed by atoms with E-state index < -0.39 is 5.60 Å². The summed E-state index contributed by atoms with van der Waals surface area (Å²) >= 11 is 0. The largest absolute Gasteiger partial charge is 0.494 e. The maximum atomic E-state index is 10.8. The summed E-state index contributed by atoms with van der Waals surface area (Å²) in [5.74, 6) is 0.888. The number of hydrogen-bond acceptors (Lipinski definition) is 3. The molecule has 0 saturated carbocycles. The molecular formula is C17H27NO2. The molecule has 1 N–H and O–H groups in total. The lowest BCUT2D eigenvalue weighted by molar-refractivity contribution is -0.0324. The Morgan fingerprint density at radius 2 is 1.80 bits per heavy atom. The van der Waals surface area contributed by atoms with Crippen LogP contribution in [0.2, 0.25) is 0 Å². The van der Waals surface area contributed by atoms with Crippen molar-refractivity contribution in [3.05, 3.63) is 29.8 Å². The summed E-state index contributed by atoms with van der Waals surface area (Å²) in [7, 11) is 0. The molecule has 20 heavy (non-hydrogen) atoms. The standard InChI is InChI=1S/C17H27NO2/c1-4-13-20-16-7-5-15(6-8-16)17(19)9-11-18(12-10-17)14(2)3/h5-8,14,19H,4,9-13H2,1-3H3. The highest BCUT2D eigenvalue weighted by atomic mass is 16.5. The number of benzene rings is 1. The zero-order valence-electron chi connectivity index (χ0n) is 12.9. The van der Waals surface area contributed by atoms with E-state index in [0.29, 0.717) is 6.04 Å². The van der Waals surface area contributed by atoms with Crippen LogP contribution in [0.25, 0.3) is 0 Å². The first kappa shape index (κ1) is 15.3. The normalized spacial score (nSPS) is 19.2. The minimum Gasteiger partial charge on any atom is -0.494 e. The Labute approximate surface area is 122 Å². The van der Waals surface area contributed by atoms with Crippen molar-refractivity contribution in [2.45, 2.75) is 51.7 Å². The highest BCUT2D eigenvalue weighted by molar-refractivity contribution is 5.31. The maximum Gasteiger partial charge on any atom is 0.119 e. The lowest BCUT2D eigenvalue weighted by Gasteiger charge is -2.40. The van der Waals surface area contributed by atoms with Gasteiger partial charge in [-0.2, -0.15) is 0 Å². The highest BCUT2D eigenvalue weighted by Crippen LogP contribution is 2.34. The van der Waals surface area contributed by atoms with Gasteiger partial charge in [0, 0.05) is 19.1 Å². The first-order chi connectivity index (χ1) is 9.55. The van der Waals surface area contributed by atoms with E-state index in [4.69, 9.17) is 4.74 Å². The van der Waals surface area contributed by atoms with Crippen LogP contribution >= 0.6 is 0 Å². The molecule has 1 aliphatic heterocycles. The Hall–Kier alpha value is -1.06. The summed E-state index contributed by atoms with van der Waals surface area (Å²) in [5, 5.41) is 10.8. The highest BCUT2D eigenvalue weighted by Gasteiger charge is 2.34. The summed E-state index contributed by atoms with van der Waals surface area (Å²) in [6.45, 7) is 9.19. The third-order valence-corrected chi connectivity index (χ3v) is 4.22. The van der Waals surface area contributed by atoms with Gasteiger partial charge in [-0.15, -0.1) is 0 Å². The van der Waals surface area contributed by atoms with E-state index in [1.165, 1.54) is 0 Å². The van der Waals surface area contributed by atoms with Gasteiger partial charge in [-0.3, -0.25) is 0 Å². The molecule has 0 amide bonds. The number of likely N-dealkylation sites (tertiary alicyclic amines) is 1. The van der Waals surface area contributed by atoms with Crippen LogP contribution in [-0.4, -0.2) is 35.7 Å². The molecule has 3 nitrogen and oxygen atoms in total. The third kappa shape index (κ3) is 3.53. The molecule has 0 bridgehead atoms. The number of hydrogen-bond donors (Lipinski definition) is 1. The molecule has 1 heterocycles. The minimum atomic E-state index is -0.672. The maximum absolute atomic E-state index is 10.8. The zero-order chi connectivity index (χ0) is 14.6. The minimum absolute atomic E-state index is 0.560. The number of nitrogens with zero attached hydrogens (tertiary/aromatic N) is 1. The van der Waals surface area contributed by atoms with Gasteiger partial charge in [0.15, 0.2) is 0 Å². The summed E-state index contributed by atoms with van der Waals surface area (Å²) < 4.78 is 5.59. The molecule has 0 aliphatic carbocycles. The number of piperidine rings is 1. The van der Waals surface area contributed by atoms with Crippen LogP contribution in [0.3, 0.4) is 0 Å². The first-order valence-electron chi connectivity index (χ1n) is 7.75. The molecule has 3 heteroatoms. The second-order valence-electron chi connectivity index (χ2n) is 6.03. The lowest BCUT2D eigenvalue weighted by atomic mass is 9.84.